The third-order valence-corrected chi connectivity index (χ3v) is 1.17. The van der Waals surface area contributed by atoms with E-state index in [1.165, 1.54) is 0 Å². The first-order chi connectivity index (χ1) is 6.42. The Kier molecular flexibility index (Phi) is 1.19. The highest BCUT2D eigenvalue weighted by molar-refractivity contribution is 5.42. The molecule has 1 rings (SSSR count). The summed E-state index contributed by atoms with van der Waals surface area (Å²) in [5.41, 5.74) is -0.0116. The molecule has 0 fully saturated rings. The van der Waals surface area contributed by atoms with Crippen molar-refractivity contribution in [3.63, 3.8) is 0 Å². The summed E-state index contributed by atoms with van der Waals surface area (Å²) in [6.45, 7) is 0. The lowest BCUT2D eigenvalue weighted by Crippen LogP contribution is -1.88. The van der Waals surface area contributed by atoms with E-state index in [9.17, 15) is 4.39 Å². The molecule has 0 bridgehead atoms. The largest absolute Gasteiger partial charge is 0.495 e. The minimum atomic E-state index is -2.68. The van der Waals surface area contributed by atoms with Gasteiger partial charge >= 0.3 is 0 Å². The van der Waals surface area contributed by atoms with Gasteiger partial charge in [-0.1, -0.05) is 0 Å². The maximum Gasteiger partial charge on any atom is 0.139 e. The second-order valence-corrected chi connectivity index (χ2v) is 1.85. The van der Waals surface area contributed by atoms with Crippen molar-refractivity contribution in [1.29, 1.82) is 5.26 Å². The number of rotatable bonds is 1. The molecule has 0 radical (unpaired) electrons. The van der Waals surface area contributed by atoms with Gasteiger partial charge < -0.3 is 4.74 Å². The topological polar surface area (TPSA) is 33.0 Å². The number of ether oxygens (including phenoxy) is 1. The number of nitriles is 1. The molecule has 0 saturated heterocycles. The van der Waals surface area contributed by atoms with Crippen molar-refractivity contribution in [3.8, 4) is 11.8 Å². The summed E-state index contributed by atoms with van der Waals surface area (Å²) in [4.78, 5) is 0. The molecule has 0 aliphatic carbocycles. The fraction of sp³-hybridized carbons (Fsp3) is 0.125. The van der Waals surface area contributed by atoms with Crippen LogP contribution < -0.4 is 4.74 Å². The molecular formula is C8H6FNO. The van der Waals surface area contributed by atoms with Gasteiger partial charge in [0.05, 0.1) is 16.7 Å². The summed E-state index contributed by atoms with van der Waals surface area (Å²) in [5, 5.41) is 8.57. The number of benzene rings is 1. The van der Waals surface area contributed by atoms with Crippen molar-refractivity contribution in [2.24, 2.45) is 0 Å². The van der Waals surface area contributed by atoms with Gasteiger partial charge in [-0.2, -0.15) is 5.26 Å². The average molecular weight is 154 g/mol. The SMILES string of the molecule is [2H]C([2H])([2H])Oc1cc(F)ccc1C#N. The van der Waals surface area contributed by atoms with Gasteiger partial charge in [0.15, 0.2) is 0 Å². The zero-order chi connectivity index (χ0) is 10.8. The van der Waals surface area contributed by atoms with Gasteiger partial charge in [0.2, 0.25) is 0 Å². The normalized spacial score (nSPS) is 14.0. The van der Waals surface area contributed by atoms with Crippen LogP contribution in [-0.2, 0) is 0 Å². The predicted octanol–water partition coefficient (Wildman–Crippen LogP) is 1.71. The molecular weight excluding hydrogens is 145 g/mol. The first-order valence-corrected chi connectivity index (χ1v) is 2.81. The molecule has 1 aromatic carbocycles. The van der Waals surface area contributed by atoms with Crippen LogP contribution in [0.4, 0.5) is 4.39 Å². The number of hydrogen-bond acceptors (Lipinski definition) is 2. The third-order valence-electron chi connectivity index (χ3n) is 1.17. The number of hydrogen-bond donors (Lipinski definition) is 0. The molecule has 0 N–H and O–H groups in total. The average Bonchev–Trinajstić information content (AvgIpc) is 2.01. The summed E-state index contributed by atoms with van der Waals surface area (Å²) < 4.78 is 37.5. The minimum absolute atomic E-state index is 0.0116. The van der Waals surface area contributed by atoms with E-state index in [-0.39, 0.29) is 11.3 Å². The molecule has 1 aromatic rings. The van der Waals surface area contributed by atoms with Crippen LogP contribution in [0.1, 0.15) is 9.68 Å². The van der Waals surface area contributed by atoms with E-state index in [1.54, 1.807) is 6.07 Å². The molecule has 3 heteroatoms. The highest BCUT2D eigenvalue weighted by atomic mass is 19.1. The van der Waals surface area contributed by atoms with E-state index in [1.807, 2.05) is 0 Å². The van der Waals surface area contributed by atoms with Crippen LogP contribution in [-0.4, -0.2) is 7.04 Å². The molecule has 0 saturated carbocycles. The molecule has 0 aliphatic rings. The Balaban J connectivity index is 3.07. The molecule has 0 amide bonds. The Morgan fingerprint density at radius 3 is 3.18 bits per heavy atom. The van der Waals surface area contributed by atoms with E-state index in [0.717, 1.165) is 18.2 Å². The van der Waals surface area contributed by atoms with Crippen molar-refractivity contribution in [3.05, 3.63) is 29.6 Å². The molecule has 0 heterocycles. The maximum atomic E-state index is 12.7. The molecule has 0 unspecified atom stereocenters. The summed E-state index contributed by atoms with van der Waals surface area (Å²) >= 11 is 0. The third kappa shape index (κ3) is 1.47. The monoisotopic (exact) mass is 154 g/mol. The van der Waals surface area contributed by atoms with E-state index in [0.29, 0.717) is 0 Å². The summed E-state index contributed by atoms with van der Waals surface area (Å²) in [7, 11) is -2.68. The van der Waals surface area contributed by atoms with Crippen LogP contribution in [0.2, 0.25) is 0 Å². The van der Waals surface area contributed by atoms with Crippen LogP contribution in [0.15, 0.2) is 18.2 Å². The summed E-state index contributed by atoms with van der Waals surface area (Å²) in [6, 6.07) is 4.79. The summed E-state index contributed by atoms with van der Waals surface area (Å²) in [6.07, 6.45) is 0. The lowest BCUT2D eigenvalue weighted by Gasteiger charge is -2.00. The molecule has 0 aromatic heterocycles. The van der Waals surface area contributed by atoms with Crippen molar-refractivity contribution in [1.82, 2.24) is 0 Å². The predicted molar refractivity (Wildman–Crippen MR) is 37.7 cm³/mol. The standard InChI is InChI=1S/C8H6FNO/c1-11-8-4-7(9)3-2-6(8)5-10/h2-4H,1H3/i1D3. The first-order valence-electron chi connectivity index (χ1n) is 4.31. The zero-order valence-corrected chi connectivity index (χ0v) is 5.47. The van der Waals surface area contributed by atoms with Crippen molar-refractivity contribution in [2.45, 2.75) is 0 Å². The van der Waals surface area contributed by atoms with Crippen molar-refractivity contribution < 1.29 is 13.2 Å². The van der Waals surface area contributed by atoms with Gasteiger partial charge in [0.1, 0.15) is 17.6 Å². The zero-order valence-electron chi connectivity index (χ0n) is 8.47. The number of nitrogens with zero attached hydrogens (tertiary/aromatic N) is 1. The van der Waals surface area contributed by atoms with E-state index in [2.05, 4.69) is 4.74 Å². The summed E-state index contributed by atoms with van der Waals surface area (Å²) in [5.74, 6) is -0.921. The lowest BCUT2D eigenvalue weighted by molar-refractivity contribution is 0.410. The Bertz CT molecular complexity index is 383. The smallest absolute Gasteiger partial charge is 0.139 e. The van der Waals surface area contributed by atoms with Crippen LogP contribution in [0.25, 0.3) is 0 Å². The number of halogens is 1. The van der Waals surface area contributed by atoms with Crippen LogP contribution in [0, 0.1) is 17.1 Å². The van der Waals surface area contributed by atoms with Gasteiger partial charge in [-0.3, -0.25) is 0 Å². The second kappa shape index (κ2) is 3.02. The highest BCUT2D eigenvalue weighted by Gasteiger charge is 2.01. The molecule has 11 heavy (non-hydrogen) atoms. The molecule has 2 nitrogen and oxygen atoms in total. The van der Waals surface area contributed by atoms with Crippen molar-refractivity contribution in [2.75, 3.05) is 7.04 Å². The van der Waals surface area contributed by atoms with Gasteiger partial charge in [-0.15, -0.1) is 0 Å². The molecule has 0 aliphatic heterocycles. The Hall–Kier alpha value is -1.56. The van der Waals surface area contributed by atoms with Crippen LogP contribution >= 0.6 is 0 Å². The van der Waals surface area contributed by atoms with Gasteiger partial charge in [0.25, 0.3) is 0 Å². The molecule has 0 atom stereocenters. The van der Waals surface area contributed by atoms with E-state index >= 15 is 0 Å². The molecule has 0 spiro atoms. The van der Waals surface area contributed by atoms with Gasteiger partial charge in [0, 0.05) is 6.07 Å². The maximum absolute atomic E-state index is 12.7. The Labute approximate surface area is 68.0 Å². The Morgan fingerprint density at radius 1 is 1.73 bits per heavy atom. The lowest BCUT2D eigenvalue weighted by atomic mass is 10.2. The fourth-order valence-electron chi connectivity index (χ4n) is 0.673. The van der Waals surface area contributed by atoms with Gasteiger partial charge in [-0.25, -0.2) is 4.39 Å². The van der Waals surface area contributed by atoms with E-state index in [4.69, 9.17) is 9.37 Å². The quantitative estimate of drug-likeness (QED) is 0.616. The molecule has 56 valence electrons. The van der Waals surface area contributed by atoms with Crippen molar-refractivity contribution >= 4 is 0 Å². The Morgan fingerprint density at radius 2 is 2.55 bits per heavy atom. The second-order valence-electron chi connectivity index (χ2n) is 1.85. The fourth-order valence-corrected chi connectivity index (χ4v) is 0.673. The van der Waals surface area contributed by atoms with Gasteiger partial charge in [-0.05, 0) is 12.1 Å². The van der Waals surface area contributed by atoms with Crippen LogP contribution in [0.3, 0.4) is 0 Å². The highest BCUT2D eigenvalue weighted by Crippen LogP contribution is 2.17. The first kappa shape index (κ1) is 4.35. The van der Waals surface area contributed by atoms with E-state index < -0.39 is 12.9 Å². The van der Waals surface area contributed by atoms with Crippen LogP contribution in [0.5, 0.6) is 5.75 Å². The minimum Gasteiger partial charge on any atom is -0.495 e. The number of methoxy groups -OCH3 is 1.